The first-order chi connectivity index (χ1) is 12.3. The van der Waals surface area contributed by atoms with Crippen LogP contribution in [0.4, 0.5) is 5.69 Å². The molecular weight excluding hydrogens is 352 g/mol. The van der Waals surface area contributed by atoms with Gasteiger partial charge in [-0.2, -0.15) is 5.10 Å². The molecule has 0 unspecified atom stereocenters. The standard InChI is InChI=1S/C18H18N4O3S/c1-11-9-12(15(23)22(19-11)13-7-5-4-6-8-13)10-14-16(24)20(2)18(26)21(3)17(14)25/h4-8,10,12H,9H2,1-3H3/t12-/m0/s1. The highest BCUT2D eigenvalue weighted by atomic mass is 32.1. The van der Waals surface area contributed by atoms with Crippen LogP contribution in [0.5, 0.6) is 0 Å². The van der Waals surface area contributed by atoms with E-state index in [1.165, 1.54) is 35.0 Å². The Kier molecular flexibility index (Phi) is 4.69. The van der Waals surface area contributed by atoms with Crippen molar-refractivity contribution in [2.45, 2.75) is 13.3 Å². The number of rotatable bonds is 2. The molecule has 0 spiro atoms. The van der Waals surface area contributed by atoms with E-state index in [1.807, 2.05) is 25.1 Å². The van der Waals surface area contributed by atoms with E-state index in [0.29, 0.717) is 12.1 Å². The largest absolute Gasteiger partial charge is 0.288 e. The zero-order valence-electron chi connectivity index (χ0n) is 14.7. The maximum absolute atomic E-state index is 12.9. The minimum Gasteiger partial charge on any atom is -0.288 e. The number of hydrogen-bond acceptors (Lipinski definition) is 5. The van der Waals surface area contributed by atoms with Crippen LogP contribution in [-0.2, 0) is 14.4 Å². The summed E-state index contributed by atoms with van der Waals surface area (Å²) in [5, 5.41) is 5.77. The molecule has 2 aliphatic heterocycles. The Morgan fingerprint density at radius 2 is 1.65 bits per heavy atom. The highest BCUT2D eigenvalue weighted by Gasteiger charge is 2.38. The second-order valence-corrected chi connectivity index (χ2v) is 6.59. The molecule has 0 bridgehead atoms. The van der Waals surface area contributed by atoms with Crippen LogP contribution in [-0.4, -0.2) is 52.4 Å². The van der Waals surface area contributed by atoms with Crippen molar-refractivity contribution in [3.8, 4) is 0 Å². The molecule has 1 aromatic rings. The van der Waals surface area contributed by atoms with E-state index < -0.39 is 17.7 Å². The number of para-hydroxylation sites is 1. The van der Waals surface area contributed by atoms with Crippen LogP contribution >= 0.6 is 12.2 Å². The fourth-order valence-corrected chi connectivity index (χ4v) is 3.07. The Morgan fingerprint density at radius 3 is 2.23 bits per heavy atom. The Hall–Kier alpha value is -2.87. The van der Waals surface area contributed by atoms with Gasteiger partial charge in [-0.1, -0.05) is 24.3 Å². The number of amides is 3. The molecule has 1 atom stereocenters. The summed E-state index contributed by atoms with van der Waals surface area (Å²) in [4.78, 5) is 40.3. The van der Waals surface area contributed by atoms with Crippen LogP contribution in [0.3, 0.4) is 0 Å². The van der Waals surface area contributed by atoms with Crippen molar-refractivity contribution in [2.75, 3.05) is 19.1 Å². The summed E-state index contributed by atoms with van der Waals surface area (Å²) in [5.41, 5.74) is 1.32. The lowest BCUT2D eigenvalue weighted by Gasteiger charge is -2.33. The van der Waals surface area contributed by atoms with Gasteiger partial charge in [0.15, 0.2) is 5.11 Å². The maximum atomic E-state index is 12.9. The first kappa shape index (κ1) is 17.9. The van der Waals surface area contributed by atoms with Gasteiger partial charge in [-0.25, -0.2) is 5.01 Å². The fourth-order valence-electron chi connectivity index (χ4n) is 2.90. The molecule has 0 aromatic heterocycles. The first-order valence-corrected chi connectivity index (χ1v) is 8.47. The van der Waals surface area contributed by atoms with Gasteiger partial charge in [0.05, 0.1) is 11.6 Å². The predicted octanol–water partition coefficient (Wildman–Crippen LogP) is 1.56. The average molecular weight is 370 g/mol. The Morgan fingerprint density at radius 1 is 1.08 bits per heavy atom. The van der Waals surface area contributed by atoms with Crippen molar-refractivity contribution >= 4 is 46.5 Å². The van der Waals surface area contributed by atoms with E-state index in [1.54, 1.807) is 12.1 Å². The molecule has 134 valence electrons. The second-order valence-electron chi connectivity index (χ2n) is 6.22. The quantitative estimate of drug-likeness (QED) is 0.450. The van der Waals surface area contributed by atoms with E-state index in [0.717, 1.165) is 5.71 Å². The number of likely N-dealkylation sites (N-methyl/N-ethyl adjacent to an activating group) is 2. The van der Waals surface area contributed by atoms with E-state index >= 15 is 0 Å². The van der Waals surface area contributed by atoms with Crippen molar-refractivity contribution in [2.24, 2.45) is 11.0 Å². The summed E-state index contributed by atoms with van der Waals surface area (Å²) >= 11 is 5.08. The zero-order chi connectivity index (χ0) is 19.0. The number of benzene rings is 1. The summed E-state index contributed by atoms with van der Waals surface area (Å²) in [7, 11) is 3.01. The highest BCUT2D eigenvalue weighted by molar-refractivity contribution is 7.80. The molecule has 0 N–H and O–H groups in total. The summed E-state index contributed by atoms with van der Waals surface area (Å²) in [5.74, 6) is -1.94. The lowest BCUT2D eigenvalue weighted by Crippen LogP contribution is -2.53. The molecule has 3 amide bonds. The second kappa shape index (κ2) is 6.80. The van der Waals surface area contributed by atoms with E-state index in [2.05, 4.69) is 5.10 Å². The number of hydrogen-bond donors (Lipinski definition) is 0. The number of anilines is 1. The molecule has 7 nitrogen and oxygen atoms in total. The van der Waals surface area contributed by atoms with Gasteiger partial charge in [-0.3, -0.25) is 24.2 Å². The number of carbonyl (C=O) groups is 3. The van der Waals surface area contributed by atoms with Crippen LogP contribution in [0.15, 0.2) is 47.1 Å². The summed E-state index contributed by atoms with van der Waals surface area (Å²) in [6.45, 7) is 1.81. The Bertz CT molecular complexity index is 836. The number of thiocarbonyl (C=S) groups is 1. The number of nitrogens with zero attached hydrogens (tertiary/aromatic N) is 4. The molecule has 3 rings (SSSR count). The molecule has 1 aromatic carbocycles. The third-order valence-electron chi connectivity index (χ3n) is 4.32. The van der Waals surface area contributed by atoms with Crippen LogP contribution in [0.1, 0.15) is 13.3 Å². The minimum absolute atomic E-state index is 0.0512. The molecular formula is C18H18N4O3S. The minimum atomic E-state index is -0.649. The number of hydrazone groups is 1. The van der Waals surface area contributed by atoms with E-state index in [9.17, 15) is 14.4 Å². The lowest BCUT2D eigenvalue weighted by atomic mass is 9.95. The van der Waals surface area contributed by atoms with Crippen LogP contribution < -0.4 is 5.01 Å². The van der Waals surface area contributed by atoms with E-state index in [4.69, 9.17) is 12.2 Å². The van der Waals surface area contributed by atoms with E-state index in [-0.39, 0.29) is 16.6 Å². The average Bonchev–Trinajstić information content (AvgIpc) is 2.65. The molecule has 0 radical (unpaired) electrons. The summed E-state index contributed by atoms with van der Waals surface area (Å²) in [6, 6.07) is 9.04. The molecule has 2 heterocycles. The summed E-state index contributed by atoms with van der Waals surface area (Å²) < 4.78 is 0. The molecule has 2 aliphatic rings. The fraction of sp³-hybridized carbons (Fsp3) is 0.278. The van der Waals surface area contributed by atoms with Crippen LogP contribution in [0.25, 0.3) is 0 Å². The van der Waals surface area contributed by atoms with Gasteiger partial charge in [0.1, 0.15) is 5.57 Å². The third-order valence-corrected chi connectivity index (χ3v) is 4.87. The highest BCUT2D eigenvalue weighted by Crippen LogP contribution is 2.26. The van der Waals surface area contributed by atoms with Crippen molar-refractivity contribution in [1.29, 1.82) is 0 Å². The molecule has 0 saturated carbocycles. The van der Waals surface area contributed by atoms with Crippen molar-refractivity contribution in [3.05, 3.63) is 42.0 Å². The van der Waals surface area contributed by atoms with Gasteiger partial charge in [0.2, 0.25) is 0 Å². The molecule has 0 aliphatic carbocycles. The Balaban J connectivity index is 1.96. The summed E-state index contributed by atoms with van der Waals surface area (Å²) in [6.07, 6.45) is 1.79. The van der Waals surface area contributed by atoms with Gasteiger partial charge < -0.3 is 0 Å². The topological polar surface area (TPSA) is 73.3 Å². The molecule has 8 heteroatoms. The monoisotopic (exact) mass is 370 g/mol. The smallest absolute Gasteiger partial charge is 0.265 e. The van der Waals surface area contributed by atoms with Crippen molar-refractivity contribution in [1.82, 2.24) is 9.80 Å². The predicted molar refractivity (Wildman–Crippen MR) is 101 cm³/mol. The lowest BCUT2D eigenvalue weighted by molar-refractivity contribution is -0.132. The van der Waals surface area contributed by atoms with Gasteiger partial charge in [-0.15, -0.1) is 0 Å². The molecule has 1 fully saturated rings. The van der Waals surface area contributed by atoms with Gasteiger partial charge in [-0.05, 0) is 31.3 Å². The Labute approximate surface area is 156 Å². The SMILES string of the molecule is CC1=NN(c2ccccc2)C(=O)[C@H](C=C2C(=O)N(C)C(=S)N(C)C2=O)C1. The van der Waals surface area contributed by atoms with Crippen LogP contribution in [0, 0.1) is 5.92 Å². The van der Waals surface area contributed by atoms with Gasteiger partial charge in [0, 0.05) is 26.2 Å². The van der Waals surface area contributed by atoms with Crippen molar-refractivity contribution < 1.29 is 14.4 Å². The first-order valence-electron chi connectivity index (χ1n) is 8.06. The third kappa shape index (κ3) is 3.03. The zero-order valence-corrected chi connectivity index (χ0v) is 15.5. The molecule has 26 heavy (non-hydrogen) atoms. The number of carbonyl (C=O) groups excluding carboxylic acids is 3. The van der Waals surface area contributed by atoms with Gasteiger partial charge >= 0.3 is 0 Å². The van der Waals surface area contributed by atoms with Crippen LogP contribution in [0.2, 0.25) is 0 Å². The van der Waals surface area contributed by atoms with Crippen molar-refractivity contribution in [3.63, 3.8) is 0 Å². The van der Waals surface area contributed by atoms with Gasteiger partial charge in [0.25, 0.3) is 17.7 Å². The molecule has 1 saturated heterocycles. The normalized spacial score (nSPS) is 21.3. The maximum Gasteiger partial charge on any atom is 0.265 e.